The molecule has 2 nitrogen and oxygen atoms in total. The number of nitrogens with zero attached hydrogens (tertiary/aromatic N) is 2. The van der Waals surface area contributed by atoms with E-state index in [-0.39, 0.29) is 5.69 Å². The number of pyridine rings is 1. The van der Waals surface area contributed by atoms with Crippen LogP contribution in [0, 0.1) is 23.2 Å². The number of nitriles is 1. The highest BCUT2D eigenvalue weighted by Crippen LogP contribution is 1.97. The van der Waals surface area contributed by atoms with E-state index in [9.17, 15) is 4.39 Å². The van der Waals surface area contributed by atoms with E-state index in [1.807, 2.05) is 0 Å². The molecule has 0 unspecified atom stereocenters. The number of aromatic nitrogens is 1. The van der Waals surface area contributed by atoms with Crippen molar-refractivity contribution in [1.29, 1.82) is 5.26 Å². The van der Waals surface area contributed by atoms with Gasteiger partial charge >= 0.3 is 0 Å². The fourth-order valence-electron chi connectivity index (χ4n) is 0.425. The molecule has 0 bridgehead atoms. The molecule has 1 aromatic rings. The first kappa shape index (κ1) is 5.70. The molecule has 0 aromatic carbocycles. The van der Waals surface area contributed by atoms with Crippen LogP contribution in [0.2, 0.25) is 0 Å². The smallest absolute Gasteiger partial charge is 0.176 e. The topological polar surface area (TPSA) is 36.7 Å². The van der Waals surface area contributed by atoms with E-state index >= 15 is 0 Å². The summed E-state index contributed by atoms with van der Waals surface area (Å²) in [5.74, 6) is -0.694. The molecule has 3 heteroatoms. The number of hydrogen-bond acceptors (Lipinski definition) is 2. The molecule has 0 saturated heterocycles. The van der Waals surface area contributed by atoms with Crippen molar-refractivity contribution in [2.24, 2.45) is 0 Å². The first-order valence-electron chi connectivity index (χ1n) is 2.27. The predicted octanol–water partition coefficient (Wildman–Crippen LogP) is 0.893. The molecule has 9 heavy (non-hydrogen) atoms. The quantitative estimate of drug-likeness (QED) is 0.511. The van der Waals surface area contributed by atoms with Gasteiger partial charge in [0.25, 0.3) is 0 Å². The third-order valence-corrected chi connectivity index (χ3v) is 0.802. The van der Waals surface area contributed by atoms with Crippen LogP contribution in [0.1, 0.15) is 5.69 Å². The SMILES string of the molecule is N#Cc1ncc[c]c1F. The summed E-state index contributed by atoms with van der Waals surface area (Å²) in [5.41, 5.74) is -0.211. The zero-order valence-corrected chi connectivity index (χ0v) is 4.43. The Labute approximate surface area is 51.6 Å². The molecule has 0 aliphatic carbocycles. The summed E-state index contributed by atoms with van der Waals surface area (Å²) in [6.07, 6.45) is 1.32. The molecule has 0 aliphatic heterocycles. The van der Waals surface area contributed by atoms with Gasteiger partial charge in [-0.1, -0.05) is 0 Å². The van der Waals surface area contributed by atoms with E-state index in [1.165, 1.54) is 12.3 Å². The van der Waals surface area contributed by atoms with E-state index in [2.05, 4.69) is 11.1 Å². The van der Waals surface area contributed by atoms with Crippen LogP contribution >= 0.6 is 0 Å². The Kier molecular flexibility index (Phi) is 1.41. The van der Waals surface area contributed by atoms with Crippen molar-refractivity contribution in [3.8, 4) is 6.07 Å². The molecular formula is C6H2FN2. The monoisotopic (exact) mass is 121 g/mol. The van der Waals surface area contributed by atoms with Crippen molar-refractivity contribution in [2.45, 2.75) is 0 Å². The molecule has 0 saturated carbocycles. The van der Waals surface area contributed by atoms with Crippen LogP contribution in [0.4, 0.5) is 4.39 Å². The molecule has 0 amide bonds. The summed E-state index contributed by atoms with van der Waals surface area (Å²) in [6.45, 7) is 0. The molecular weight excluding hydrogens is 119 g/mol. The zero-order chi connectivity index (χ0) is 6.69. The number of halogens is 1. The molecule has 1 rings (SSSR count). The maximum Gasteiger partial charge on any atom is 0.176 e. The lowest BCUT2D eigenvalue weighted by Gasteiger charge is -1.85. The van der Waals surface area contributed by atoms with Crippen molar-refractivity contribution in [3.63, 3.8) is 0 Å². The highest BCUT2D eigenvalue weighted by atomic mass is 19.1. The van der Waals surface area contributed by atoms with Crippen molar-refractivity contribution in [1.82, 2.24) is 4.98 Å². The third kappa shape index (κ3) is 1.03. The second-order valence-corrected chi connectivity index (χ2v) is 1.36. The standard InChI is InChI=1S/C6H2FN2/c7-5-2-1-3-9-6(5)4-8/h1,3H. The van der Waals surface area contributed by atoms with Crippen LogP contribution in [-0.4, -0.2) is 4.98 Å². The Morgan fingerprint density at radius 1 is 1.78 bits per heavy atom. The molecule has 43 valence electrons. The minimum absolute atomic E-state index is 0.211. The van der Waals surface area contributed by atoms with E-state index in [4.69, 9.17) is 5.26 Å². The van der Waals surface area contributed by atoms with Crippen LogP contribution < -0.4 is 0 Å². The number of rotatable bonds is 0. The largest absolute Gasteiger partial charge is 0.243 e. The van der Waals surface area contributed by atoms with E-state index in [1.54, 1.807) is 6.07 Å². The lowest BCUT2D eigenvalue weighted by Crippen LogP contribution is -1.85. The number of hydrogen-bond donors (Lipinski definition) is 0. The summed E-state index contributed by atoms with van der Waals surface area (Å²) >= 11 is 0. The summed E-state index contributed by atoms with van der Waals surface area (Å²) in [4.78, 5) is 3.43. The summed E-state index contributed by atoms with van der Waals surface area (Å²) in [6, 6.07) is 5.09. The second-order valence-electron chi connectivity index (χ2n) is 1.36. The van der Waals surface area contributed by atoms with Crippen molar-refractivity contribution < 1.29 is 4.39 Å². The van der Waals surface area contributed by atoms with Gasteiger partial charge in [-0.25, -0.2) is 9.37 Å². The highest BCUT2D eigenvalue weighted by Gasteiger charge is 1.97. The van der Waals surface area contributed by atoms with Crippen LogP contribution in [0.3, 0.4) is 0 Å². The van der Waals surface area contributed by atoms with Gasteiger partial charge in [0.05, 0.1) is 0 Å². The van der Waals surface area contributed by atoms with Gasteiger partial charge in [0, 0.05) is 12.3 Å². The molecule has 0 atom stereocenters. The van der Waals surface area contributed by atoms with Crippen LogP contribution in [0.15, 0.2) is 12.3 Å². The van der Waals surface area contributed by atoms with Gasteiger partial charge in [-0.2, -0.15) is 5.26 Å². The van der Waals surface area contributed by atoms with Gasteiger partial charge in [0.15, 0.2) is 11.5 Å². The lowest BCUT2D eigenvalue weighted by atomic mass is 10.4. The van der Waals surface area contributed by atoms with Crippen molar-refractivity contribution >= 4 is 0 Å². The lowest BCUT2D eigenvalue weighted by molar-refractivity contribution is 0.614. The Balaban J connectivity index is 3.20. The van der Waals surface area contributed by atoms with Gasteiger partial charge in [0.2, 0.25) is 0 Å². The Morgan fingerprint density at radius 3 is 3.00 bits per heavy atom. The predicted molar refractivity (Wildman–Crippen MR) is 27.7 cm³/mol. The molecule has 0 N–H and O–H groups in total. The maximum atomic E-state index is 12.2. The van der Waals surface area contributed by atoms with E-state index in [0.29, 0.717) is 0 Å². The van der Waals surface area contributed by atoms with Crippen molar-refractivity contribution in [2.75, 3.05) is 0 Å². The zero-order valence-electron chi connectivity index (χ0n) is 4.43. The summed E-state index contributed by atoms with van der Waals surface area (Å²) < 4.78 is 12.2. The van der Waals surface area contributed by atoms with Gasteiger partial charge in [-0.05, 0) is 6.07 Å². The van der Waals surface area contributed by atoms with Gasteiger partial charge in [-0.3, -0.25) is 0 Å². The maximum absolute atomic E-state index is 12.2. The summed E-state index contributed by atoms with van der Waals surface area (Å²) in [7, 11) is 0. The Bertz CT molecular complexity index is 251. The van der Waals surface area contributed by atoms with Crippen LogP contribution in [0.5, 0.6) is 0 Å². The second kappa shape index (κ2) is 2.23. The van der Waals surface area contributed by atoms with E-state index < -0.39 is 5.82 Å². The minimum Gasteiger partial charge on any atom is -0.243 e. The Hall–Kier alpha value is -1.43. The Morgan fingerprint density at radius 2 is 2.56 bits per heavy atom. The van der Waals surface area contributed by atoms with Crippen LogP contribution in [-0.2, 0) is 0 Å². The fraction of sp³-hybridized carbons (Fsp3) is 0. The average Bonchev–Trinajstić information content (AvgIpc) is 1.89. The van der Waals surface area contributed by atoms with Crippen LogP contribution in [0.25, 0.3) is 0 Å². The minimum atomic E-state index is -0.694. The molecule has 1 radical (unpaired) electrons. The summed E-state index contributed by atoms with van der Waals surface area (Å²) in [5, 5.41) is 8.15. The average molecular weight is 121 g/mol. The van der Waals surface area contributed by atoms with E-state index in [0.717, 1.165) is 0 Å². The first-order chi connectivity index (χ1) is 4.34. The van der Waals surface area contributed by atoms with Gasteiger partial charge < -0.3 is 0 Å². The van der Waals surface area contributed by atoms with Gasteiger partial charge in [-0.15, -0.1) is 0 Å². The normalized spacial score (nSPS) is 8.44. The molecule has 1 aromatic heterocycles. The van der Waals surface area contributed by atoms with Crippen molar-refractivity contribution in [3.05, 3.63) is 29.8 Å². The fourth-order valence-corrected chi connectivity index (χ4v) is 0.425. The highest BCUT2D eigenvalue weighted by molar-refractivity contribution is 5.19. The molecule has 0 fully saturated rings. The molecule has 0 spiro atoms. The van der Waals surface area contributed by atoms with Gasteiger partial charge in [0.1, 0.15) is 6.07 Å². The third-order valence-electron chi connectivity index (χ3n) is 0.802. The first-order valence-corrected chi connectivity index (χ1v) is 2.27. The molecule has 0 aliphatic rings. The molecule has 1 heterocycles.